The molecule has 1 aromatic heterocycles. The maximum atomic E-state index is 11.0. The summed E-state index contributed by atoms with van der Waals surface area (Å²) in [6.45, 7) is 0.543. The number of ether oxygens (including phenoxy) is 1. The van der Waals surface area contributed by atoms with Gasteiger partial charge in [-0.3, -0.25) is 0 Å². The smallest absolute Gasteiger partial charge is 0.341 e. The Balaban J connectivity index is 2.13. The number of methoxy groups -OCH3 is 1. The summed E-state index contributed by atoms with van der Waals surface area (Å²) in [5.74, 6) is -0.714. The van der Waals surface area contributed by atoms with Gasteiger partial charge >= 0.3 is 5.97 Å². The minimum atomic E-state index is -1.10. The van der Waals surface area contributed by atoms with Crippen LogP contribution in [-0.4, -0.2) is 28.4 Å². The van der Waals surface area contributed by atoms with Crippen molar-refractivity contribution < 1.29 is 14.6 Å². The van der Waals surface area contributed by atoms with Gasteiger partial charge in [0.25, 0.3) is 0 Å². The van der Waals surface area contributed by atoms with Gasteiger partial charge in [-0.25, -0.2) is 4.79 Å². The largest absolute Gasteiger partial charge is 0.479 e. The van der Waals surface area contributed by atoms with Crippen molar-refractivity contribution in [1.29, 1.82) is 0 Å². The highest BCUT2D eigenvalue weighted by atomic mass is 16.5. The molecule has 0 saturated heterocycles. The third kappa shape index (κ3) is 3.19. The molecule has 98 valence electrons. The number of aromatic carboxylic acids is 1. The van der Waals surface area contributed by atoms with Gasteiger partial charge in [-0.15, -0.1) is 10.2 Å². The van der Waals surface area contributed by atoms with E-state index in [1.54, 1.807) is 0 Å². The minimum Gasteiger partial charge on any atom is -0.479 e. The van der Waals surface area contributed by atoms with Gasteiger partial charge < -0.3 is 15.2 Å². The summed E-state index contributed by atoms with van der Waals surface area (Å²) in [4.78, 5) is 11.0. The monoisotopic (exact) mass is 259 g/mol. The number of nitrogens with zero attached hydrogens (tertiary/aromatic N) is 2. The number of carboxylic acid groups (broad SMARTS) is 1. The van der Waals surface area contributed by atoms with E-state index in [4.69, 9.17) is 9.84 Å². The second kappa shape index (κ2) is 5.81. The Morgan fingerprint density at radius 2 is 2.05 bits per heavy atom. The summed E-state index contributed by atoms with van der Waals surface area (Å²) < 4.78 is 4.84. The van der Waals surface area contributed by atoms with Crippen molar-refractivity contribution in [3.63, 3.8) is 0 Å². The lowest BCUT2D eigenvalue weighted by Crippen LogP contribution is -2.08. The third-order valence-corrected chi connectivity index (χ3v) is 2.50. The number of carbonyl (C=O) groups is 1. The Labute approximate surface area is 110 Å². The van der Waals surface area contributed by atoms with Crippen molar-refractivity contribution in [2.75, 3.05) is 12.4 Å². The molecule has 1 heterocycles. The normalized spacial score (nSPS) is 9.95. The molecule has 0 aliphatic rings. The van der Waals surface area contributed by atoms with Gasteiger partial charge in [0.15, 0.2) is 0 Å². The second-order valence-corrected chi connectivity index (χ2v) is 3.80. The van der Waals surface area contributed by atoms with E-state index in [-0.39, 0.29) is 11.4 Å². The first-order valence-electron chi connectivity index (χ1n) is 5.63. The quantitative estimate of drug-likeness (QED) is 0.851. The zero-order valence-corrected chi connectivity index (χ0v) is 10.3. The van der Waals surface area contributed by atoms with Gasteiger partial charge in [-0.2, -0.15) is 0 Å². The van der Waals surface area contributed by atoms with E-state index in [1.807, 2.05) is 30.3 Å². The number of hydrogen-bond acceptors (Lipinski definition) is 5. The number of nitrogens with one attached hydrogen (secondary N) is 1. The van der Waals surface area contributed by atoms with Crippen molar-refractivity contribution in [3.05, 3.63) is 47.5 Å². The van der Waals surface area contributed by atoms with E-state index < -0.39 is 5.97 Å². The van der Waals surface area contributed by atoms with Crippen LogP contribution in [0.2, 0.25) is 0 Å². The molecule has 6 nitrogen and oxygen atoms in total. The summed E-state index contributed by atoms with van der Waals surface area (Å²) in [6.07, 6.45) is 0. The molecule has 0 spiro atoms. The third-order valence-electron chi connectivity index (χ3n) is 2.50. The predicted octanol–water partition coefficient (Wildman–Crippen LogP) is 1.80. The molecule has 0 amide bonds. The van der Waals surface area contributed by atoms with Gasteiger partial charge in [0.2, 0.25) is 5.88 Å². The Bertz CT molecular complexity index is 573. The summed E-state index contributed by atoms with van der Waals surface area (Å²) in [6, 6.07) is 11.1. The standard InChI is InChI=1S/C13H13N3O3/c1-19-12-10(13(17)18)7-11(15-16-12)14-8-9-5-3-2-4-6-9/h2-7H,8H2,1H3,(H,14,15)(H,17,18). The Kier molecular flexibility index (Phi) is 3.92. The number of carboxylic acids is 1. The molecular weight excluding hydrogens is 246 g/mol. The van der Waals surface area contributed by atoms with Crippen LogP contribution in [0.3, 0.4) is 0 Å². The molecule has 0 atom stereocenters. The number of rotatable bonds is 5. The fraction of sp³-hybridized carbons (Fsp3) is 0.154. The maximum Gasteiger partial charge on any atom is 0.341 e. The lowest BCUT2D eigenvalue weighted by Gasteiger charge is -2.07. The summed E-state index contributed by atoms with van der Waals surface area (Å²) in [5.41, 5.74) is 1.05. The van der Waals surface area contributed by atoms with Crippen molar-refractivity contribution in [2.45, 2.75) is 6.54 Å². The van der Waals surface area contributed by atoms with Gasteiger partial charge in [-0.05, 0) is 5.56 Å². The zero-order valence-electron chi connectivity index (χ0n) is 10.3. The Morgan fingerprint density at radius 1 is 1.32 bits per heavy atom. The maximum absolute atomic E-state index is 11.0. The molecular formula is C13H13N3O3. The van der Waals surface area contributed by atoms with Crippen LogP contribution in [0.4, 0.5) is 5.82 Å². The summed E-state index contributed by atoms with van der Waals surface area (Å²) >= 11 is 0. The van der Waals surface area contributed by atoms with E-state index in [0.717, 1.165) is 5.56 Å². The average Bonchev–Trinajstić information content (AvgIpc) is 2.46. The molecule has 0 radical (unpaired) electrons. The van der Waals surface area contributed by atoms with Gasteiger partial charge in [0.1, 0.15) is 11.4 Å². The SMILES string of the molecule is COc1nnc(NCc2ccccc2)cc1C(=O)O. The van der Waals surface area contributed by atoms with Crippen LogP contribution in [0.15, 0.2) is 36.4 Å². The Hall–Kier alpha value is -2.63. The summed E-state index contributed by atoms with van der Waals surface area (Å²) in [5, 5.41) is 19.6. The van der Waals surface area contributed by atoms with Crippen LogP contribution in [0.1, 0.15) is 15.9 Å². The molecule has 19 heavy (non-hydrogen) atoms. The number of anilines is 1. The van der Waals surface area contributed by atoms with Crippen LogP contribution >= 0.6 is 0 Å². The van der Waals surface area contributed by atoms with Crippen LogP contribution in [0.25, 0.3) is 0 Å². The van der Waals surface area contributed by atoms with Crippen molar-refractivity contribution in [2.24, 2.45) is 0 Å². The highest BCUT2D eigenvalue weighted by Crippen LogP contribution is 2.17. The van der Waals surface area contributed by atoms with Gasteiger partial charge in [0.05, 0.1) is 7.11 Å². The molecule has 1 aromatic carbocycles. The molecule has 6 heteroatoms. The number of hydrogen-bond donors (Lipinski definition) is 2. The van der Waals surface area contributed by atoms with Crippen LogP contribution in [0.5, 0.6) is 5.88 Å². The molecule has 0 unspecified atom stereocenters. The molecule has 0 bridgehead atoms. The fourth-order valence-electron chi connectivity index (χ4n) is 1.56. The topological polar surface area (TPSA) is 84.3 Å². The van der Waals surface area contributed by atoms with Crippen LogP contribution in [0, 0.1) is 0 Å². The molecule has 2 aromatic rings. The van der Waals surface area contributed by atoms with Gasteiger partial charge in [0, 0.05) is 12.6 Å². The average molecular weight is 259 g/mol. The highest BCUT2D eigenvalue weighted by Gasteiger charge is 2.14. The van der Waals surface area contributed by atoms with E-state index in [0.29, 0.717) is 12.4 Å². The molecule has 2 rings (SSSR count). The van der Waals surface area contributed by atoms with Crippen molar-refractivity contribution in [3.8, 4) is 5.88 Å². The van der Waals surface area contributed by atoms with Gasteiger partial charge in [-0.1, -0.05) is 30.3 Å². The van der Waals surface area contributed by atoms with Crippen molar-refractivity contribution >= 4 is 11.8 Å². The second-order valence-electron chi connectivity index (χ2n) is 3.80. The van der Waals surface area contributed by atoms with Crippen LogP contribution in [-0.2, 0) is 6.54 Å². The highest BCUT2D eigenvalue weighted by molar-refractivity contribution is 5.90. The first kappa shape index (κ1) is 12.8. The van der Waals surface area contributed by atoms with E-state index >= 15 is 0 Å². The van der Waals surface area contributed by atoms with E-state index in [1.165, 1.54) is 13.2 Å². The number of aromatic nitrogens is 2. The molecule has 0 aliphatic heterocycles. The minimum absolute atomic E-state index is 0.00207. The molecule has 2 N–H and O–H groups in total. The Morgan fingerprint density at radius 3 is 2.68 bits per heavy atom. The molecule has 0 aliphatic carbocycles. The summed E-state index contributed by atoms with van der Waals surface area (Å²) in [7, 11) is 1.35. The fourth-order valence-corrected chi connectivity index (χ4v) is 1.56. The number of benzene rings is 1. The van der Waals surface area contributed by atoms with E-state index in [2.05, 4.69) is 15.5 Å². The van der Waals surface area contributed by atoms with E-state index in [9.17, 15) is 4.79 Å². The predicted molar refractivity (Wildman–Crippen MR) is 69.3 cm³/mol. The van der Waals surface area contributed by atoms with Crippen LogP contribution < -0.4 is 10.1 Å². The molecule has 0 fully saturated rings. The lowest BCUT2D eigenvalue weighted by molar-refractivity contribution is 0.0692. The molecule has 0 saturated carbocycles. The first-order chi connectivity index (χ1) is 9.20. The lowest BCUT2D eigenvalue weighted by atomic mass is 10.2. The first-order valence-corrected chi connectivity index (χ1v) is 5.63. The van der Waals surface area contributed by atoms with Crippen molar-refractivity contribution in [1.82, 2.24) is 10.2 Å². The zero-order chi connectivity index (χ0) is 13.7.